The lowest BCUT2D eigenvalue weighted by atomic mass is 10.1. The summed E-state index contributed by atoms with van der Waals surface area (Å²) < 4.78 is 22.3. The maximum Gasteiger partial charge on any atom is 0.268 e. The number of methoxy groups -OCH3 is 3. The lowest BCUT2D eigenvalue weighted by Crippen LogP contribution is -2.13. The number of nitrogens with one attached hydrogen (secondary N) is 1. The van der Waals surface area contributed by atoms with Crippen LogP contribution in [0.25, 0.3) is 16.3 Å². The van der Waals surface area contributed by atoms with Crippen molar-refractivity contribution in [3.8, 4) is 29.1 Å². The van der Waals surface area contributed by atoms with E-state index in [1.54, 1.807) is 12.1 Å². The van der Waals surface area contributed by atoms with E-state index in [1.807, 2.05) is 31.2 Å². The molecule has 3 aromatic rings. The molecule has 0 bridgehead atoms. The second kappa shape index (κ2) is 9.82. The first kappa shape index (κ1) is 21.9. The summed E-state index contributed by atoms with van der Waals surface area (Å²) in [6, 6.07) is 10.7. The summed E-state index contributed by atoms with van der Waals surface area (Å²) in [6.07, 6.45) is 1.44. The number of ether oxygens (including phenoxy) is 4. The van der Waals surface area contributed by atoms with Crippen LogP contribution < -0.4 is 24.3 Å². The Hall–Kier alpha value is -3.77. The van der Waals surface area contributed by atoms with Crippen molar-refractivity contribution in [1.82, 2.24) is 4.98 Å². The van der Waals surface area contributed by atoms with Gasteiger partial charge in [0.15, 0.2) is 16.6 Å². The number of hydrogen-bond acceptors (Lipinski definition) is 8. The fourth-order valence-corrected chi connectivity index (χ4v) is 3.77. The summed E-state index contributed by atoms with van der Waals surface area (Å²) in [5.74, 6) is 1.42. The summed E-state index contributed by atoms with van der Waals surface area (Å²) in [7, 11) is 4.49. The molecule has 8 nitrogen and oxygen atoms in total. The van der Waals surface area contributed by atoms with Crippen molar-refractivity contribution < 1.29 is 23.7 Å². The number of hydrogen-bond donors (Lipinski definition) is 1. The highest BCUT2D eigenvalue weighted by Crippen LogP contribution is 2.38. The molecule has 0 saturated carbocycles. The van der Waals surface area contributed by atoms with E-state index in [9.17, 15) is 10.1 Å². The zero-order chi connectivity index (χ0) is 22.4. The Morgan fingerprint density at radius 1 is 1.16 bits per heavy atom. The van der Waals surface area contributed by atoms with Crippen molar-refractivity contribution >= 4 is 38.7 Å². The van der Waals surface area contributed by atoms with Crippen molar-refractivity contribution in [1.29, 1.82) is 5.26 Å². The van der Waals surface area contributed by atoms with E-state index in [0.717, 1.165) is 16.0 Å². The summed E-state index contributed by atoms with van der Waals surface area (Å²) in [5, 5.41) is 12.6. The first-order chi connectivity index (χ1) is 15.0. The minimum absolute atomic E-state index is 0.0939. The molecule has 0 radical (unpaired) electrons. The molecule has 2 aromatic carbocycles. The fourth-order valence-electron chi connectivity index (χ4n) is 2.88. The van der Waals surface area contributed by atoms with Crippen LogP contribution in [0.15, 0.2) is 35.9 Å². The highest BCUT2D eigenvalue weighted by atomic mass is 32.1. The molecule has 0 saturated heterocycles. The molecule has 1 aromatic heterocycles. The average molecular weight is 439 g/mol. The van der Waals surface area contributed by atoms with E-state index in [-0.39, 0.29) is 5.57 Å². The van der Waals surface area contributed by atoms with Gasteiger partial charge in [0, 0.05) is 0 Å². The average Bonchev–Trinajstić information content (AvgIpc) is 3.18. The Morgan fingerprint density at radius 3 is 2.45 bits per heavy atom. The van der Waals surface area contributed by atoms with Crippen molar-refractivity contribution in [2.45, 2.75) is 6.92 Å². The van der Waals surface area contributed by atoms with E-state index < -0.39 is 5.91 Å². The molecule has 9 heteroatoms. The second-order valence-corrected chi connectivity index (χ2v) is 7.19. The third kappa shape index (κ3) is 4.87. The van der Waals surface area contributed by atoms with Crippen molar-refractivity contribution in [2.24, 2.45) is 0 Å². The standard InChI is InChI=1S/C22H21N3O5S/c1-5-30-15-6-7-16-19(11-15)31-22(24-16)25-21(26)14(12-23)8-13-9-17(27-2)20(29-4)18(10-13)28-3/h6-11H,5H2,1-4H3,(H,24,25,26)/b14-8+. The van der Waals surface area contributed by atoms with E-state index in [1.165, 1.54) is 38.7 Å². The van der Waals surface area contributed by atoms with Crippen LogP contribution in [0.1, 0.15) is 12.5 Å². The molecule has 0 fully saturated rings. The normalized spacial score (nSPS) is 11.0. The molecule has 1 heterocycles. The number of amides is 1. The van der Waals surface area contributed by atoms with Crippen LogP contribution in [0.2, 0.25) is 0 Å². The van der Waals surface area contributed by atoms with Gasteiger partial charge in [-0.2, -0.15) is 5.26 Å². The third-order valence-electron chi connectivity index (χ3n) is 4.25. The summed E-state index contributed by atoms with van der Waals surface area (Å²) in [4.78, 5) is 17.1. The number of thiazole rings is 1. The summed E-state index contributed by atoms with van der Waals surface area (Å²) >= 11 is 1.30. The van der Waals surface area contributed by atoms with Gasteiger partial charge in [0.05, 0.1) is 38.2 Å². The molecule has 160 valence electrons. The van der Waals surface area contributed by atoms with E-state index in [2.05, 4.69) is 10.3 Å². The molecule has 3 rings (SSSR count). The molecule has 0 aliphatic rings. The lowest BCUT2D eigenvalue weighted by molar-refractivity contribution is -0.112. The monoisotopic (exact) mass is 439 g/mol. The van der Waals surface area contributed by atoms with Gasteiger partial charge in [0.1, 0.15) is 17.4 Å². The zero-order valence-electron chi connectivity index (χ0n) is 17.5. The molecule has 0 spiro atoms. The number of nitrogens with zero attached hydrogens (tertiary/aromatic N) is 2. The number of aromatic nitrogens is 1. The van der Waals surface area contributed by atoms with Gasteiger partial charge < -0.3 is 18.9 Å². The van der Waals surface area contributed by atoms with Crippen LogP contribution >= 0.6 is 11.3 Å². The third-order valence-corrected chi connectivity index (χ3v) is 5.19. The predicted octanol–water partition coefficient (Wildman–Crippen LogP) is 4.27. The van der Waals surface area contributed by atoms with E-state index in [0.29, 0.717) is 34.6 Å². The largest absolute Gasteiger partial charge is 0.494 e. The molecule has 0 atom stereocenters. The minimum atomic E-state index is -0.569. The van der Waals surface area contributed by atoms with Crippen LogP contribution in [-0.2, 0) is 4.79 Å². The molecular formula is C22H21N3O5S. The lowest BCUT2D eigenvalue weighted by Gasteiger charge is -2.13. The van der Waals surface area contributed by atoms with Gasteiger partial charge in [-0.25, -0.2) is 4.98 Å². The number of anilines is 1. The van der Waals surface area contributed by atoms with Gasteiger partial charge in [-0.1, -0.05) is 11.3 Å². The number of carbonyl (C=O) groups excluding carboxylic acids is 1. The van der Waals surface area contributed by atoms with Gasteiger partial charge in [0.2, 0.25) is 5.75 Å². The van der Waals surface area contributed by atoms with Crippen molar-refractivity contribution in [2.75, 3.05) is 33.3 Å². The predicted molar refractivity (Wildman–Crippen MR) is 119 cm³/mol. The highest BCUT2D eigenvalue weighted by molar-refractivity contribution is 7.22. The number of rotatable bonds is 8. The van der Waals surface area contributed by atoms with Crippen LogP contribution in [0.3, 0.4) is 0 Å². The van der Waals surface area contributed by atoms with Crippen LogP contribution in [-0.4, -0.2) is 38.8 Å². The second-order valence-electron chi connectivity index (χ2n) is 6.16. The van der Waals surface area contributed by atoms with E-state index >= 15 is 0 Å². The van der Waals surface area contributed by atoms with Crippen LogP contribution in [0.5, 0.6) is 23.0 Å². The topological polar surface area (TPSA) is 103 Å². The highest BCUT2D eigenvalue weighted by Gasteiger charge is 2.16. The van der Waals surface area contributed by atoms with Gasteiger partial charge in [-0.05, 0) is 48.9 Å². The Kier molecular flexibility index (Phi) is 6.95. The molecule has 31 heavy (non-hydrogen) atoms. The first-order valence-electron chi connectivity index (χ1n) is 9.29. The number of nitriles is 1. The molecule has 0 aliphatic heterocycles. The fraction of sp³-hybridized carbons (Fsp3) is 0.227. The Bertz CT molecular complexity index is 1150. The Balaban J connectivity index is 1.87. The molecule has 0 unspecified atom stereocenters. The quantitative estimate of drug-likeness (QED) is 0.413. The minimum Gasteiger partial charge on any atom is -0.494 e. The Labute approximate surface area is 183 Å². The summed E-state index contributed by atoms with van der Waals surface area (Å²) in [5.41, 5.74) is 1.19. The van der Waals surface area contributed by atoms with Gasteiger partial charge in [0.25, 0.3) is 5.91 Å². The molecule has 1 N–H and O–H groups in total. The Morgan fingerprint density at radius 2 is 1.87 bits per heavy atom. The molecule has 0 aliphatic carbocycles. The van der Waals surface area contributed by atoms with Crippen LogP contribution in [0, 0.1) is 11.3 Å². The number of benzene rings is 2. The maximum atomic E-state index is 12.7. The molecule has 1 amide bonds. The van der Waals surface area contributed by atoms with Crippen LogP contribution in [0.4, 0.5) is 5.13 Å². The van der Waals surface area contributed by atoms with Gasteiger partial charge in [-0.15, -0.1) is 0 Å². The van der Waals surface area contributed by atoms with Gasteiger partial charge >= 0.3 is 0 Å². The van der Waals surface area contributed by atoms with E-state index in [4.69, 9.17) is 18.9 Å². The smallest absolute Gasteiger partial charge is 0.268 e. The van der Waals surface area contributed by atoms with Crippen molar-refractivity contribution in [3.05, 3.63) is 41.5 Å². The zero-order valence-corrected chi connectivity index (χ0v) is 18.3. The molecular weight excluding hydrogens is 418 g/mol. The number of carbonyl (C=O) groups is 1. The SMILES string of the molecule is CCOc1ccc2nc(NC(=O)/C(C#N)=C/c3cc(OC)c(OC)c(OC)c3)sc2c1. The summed E-state index contributed by atoms with van der Waals surface area (Å²) in [6.45, 7) is 2.47. The first-order valence-corrected chi connectivity index (χ1v) is 10.1. The maximum absolute atomic E-state index is 12.7. The van der Waals surface area contributed by atoms with Crippen molar-refractivity contribution in [3.63, 3.8) is 0 Å². The number of fused-ring (bicyclic) bond motifs is 1. The van der Waals surface area contributed by atoms with Gasteiger partial charge in [-0.3, -0.25) is 10.1 Å².